The molecule has 1 atom stereocenters. The summed E-state index contributed by atoms with van der Waals surface area (Å²) >= 11 is 3.32. The van der Waals surface area contributed by atoms with Gasteiger partial charge in [0.1, 0.15) is 6.04 Å². The van der Waals surface area contributed by atoms with E-state index in [1.807, 2.05) is 24.3 Å². The minimum atomic E-state index is -0.556. The van der Waals surface area contributed by atoms with E-state index in [0.717, 1.165) is 14.9 Å². The van der Waals surface area contributed by atoms with Crippen molar-refractivity contribution in [2.45, 2.75) is 6.04 Å². The maximum absolute atomic E-state index is 11.7. The first kappa shape index (κ1) is 10.2. The van der Waals surface area contributed by atoms with Crippen LogP contribution in [0.3, 0.4) is 0 Å². The van der Waals surface area contributed by atoms with Crippen LogP contribution in [0.4, 0.5) is 4.79 Å². The Balaban J connectivity index is 2.33. The van der Waals surface area contributed by atoms with Crippen molar-refractivity contribution < 1.29 is 9.59 Å². The lowest BCUT2D eigenvalue weighted by molar-refractivity contribution is -0.126. The number of urea groups is 1. The number of hydrogen-bond donors (Lipinski definition) is 1. The maximum atomic E-state index is 11.7. The Hall–Kier alpha value is -1.36. The van der Waals surface area contributed by atoms with Crippen LogP contribution in [0.15, 0.2) is 28.7 Å². The molecule has 0 bridgehead atoms. The van der Waals surface area contributed by atoms with Crippen LogP contribution >= 0.6 is 15.9 Å². The number of nitrogens with one attached hydrogen (secondary N) is 1. The molecule has 2 rings (SSSR count). The molecule has 1 fully saturated rings. The SMILES string of the molecule is CN1C(=O)NC(c2cccc(Br)c2)C1=O. The number of carbonyl (C=O) groups excluding carboxylic acids is 2. The van der Waals surface area contributed by atoms with E-state index < -0.39 is 6.04 Å². The molecule has 0 radical (unpaired) electrons. The summed E-state index contributed by atoms with van der Waals surface area (Å²) < 4.78 is 0.886. The minimum absolute atomic E-state index is 0.224. The van der Waals surface area contributed by atoms with Crippen LogP contribution in [0.1, 0.15) is 11.6 Å². The number of carbonyl (C=O) groups is 2. The molecule has 1 aliphatic heterocycles. The predicted molar refractivity (Wildman–Crippen MR) is 58.2 cm³/mol. The quantitative estimate of drug-likeness (QED) is 0.788. The van der Waals surface area contributed by atoms with Gasteiger partial charge in [0.05, 0.1) is 0 Å². The van der Waals surface area contributed by atoms with Gasteiger partial charge in [-0.25, -0.2) is 4.79 Å². The van der Waals surface area contributed by atoms with E-state index in [2.05, 4.69) is 21.2 Å². The number of halogens is 1. The number of nitrogens with zero attached hydrogens (tertiary/aromatic N) is 1. The average Bonchev–Trinajstić information content (AvgIpc) is 2.46. The van der Waals surface area contributed by atoms with E-state index in [0.29, 0.717) is 0 Å². The summed E-state index contributed by atoms with van der Waals surface area (Å²) in [6.45, 7) is 0. The second kappa shape index (κ2) is 3.66. The molecule has 1 aromatic rings. The molecule has 1 heterocycles. The zero-order valence-corrected chi connectivity index (χ0v) is 9.61. The minimum Gasteiger partial charge on any atom is -0.322 e. The Bertz CT molecular complexity index is 433. The van der Waals surface area contributed by atoms with Gasteiger partial charge in [-0.2, -0.15) is 0 Å². The van der Waals surface area contributed by atoms with Crippen LogP contribution in [-0.4, -0.2) is 23.9 Å². The van der Waals surface area contributed by atoms with E-state index in [4.69, 9.17) is 0 Å². The number of hydrogen-bond acceptors (Lipinski definition) is 2. The first-order valence-electron chi connectivity index (χ1n) is 4.43. The van der Waals surface area contributed by atoms with Crippen LogP contribution in [0.25, 0.3) is 0 Å². The second-order valence-electron chi connectivity index (χ2n) is 3.33. The monoisotopic (exact) mass is 268 g/mol. The van der Waals surface area contributed by atoms with Crippen molar-refractivity contribution in [1.82, 2.24) is 10.2 Å². The highest BCUT2D eigenvalue weighted by Crippen LogP contribution is 2.23. The van der Waals surface area contributed by atoms with Crippen LogP contribution in [0.2, 0.25) is 0 Å². The third kappa shape index (κ3) is 1.74. The lowest BCUT2D eigenvalue weighted by Gasteiger charge is -2.08. The Labute approximate surface area is 95.4 Å². The topological polar surface area (TPSA) is 49.4 Å². The molecular weight excluding hydrogens is 260 g/mol. The first-order chi connectivity index (χ1) is 7.09. The third-order valence-corrected chi connectivity index (χ3v) is 2.83. The van der Waals surface area contributed by atoms with Crippen LogP contribution in [0, 0.1) is 0 Å². The summed E-state index contributed by atoms with van der Waals surface area (Å²) in [6.07, 6.45) is 0. The first-order valence-corrected chi connectivity index (χ1v) is 5.22. The molecule has 3 amide bonds. The number of likely N-dealkylation sites (N-methyl/N-ethyl adjacent to an activating group) is 1. The van der Waals surface area contributed by atoms with Crippen molar-refractivity contribution in [2.24, 2.45) is 0 Å². The zero-order chi connectivity index (χ0) is 11.0. The van der Waals surface area contributed by atoms with E-state index in [9.17, 15) is 9.59 Å². The van der Waals surface area contributed by atoms with Crippen molar-refractivity contribution in [2.75, 3.05) is 7.05 Å². The summed E-state index contributed by atoms with van der Waals surface area (Å²) in [5.74, 6) is -0.224. The highest BCUT2D eigenvalue weighted by atomic mass is 79.9. The summed E-state index contributed by atoms with van der Waals surface area (Å²) in [5.41, 5.74) is 0.784. The fourth-order valence-electron chi connectivity index (χ4n) is 1.49. The molecule has 0 aromatic heterocycles. The Morgan fingerprint density at radius 3 is 2.67 bits per heavy atom. The largest absolute Gasteiger partial charge is 0.324 e. The van der Waals surface area contributed by atoms with Gasteiger partial charge in [-0.05, 0) is 17.7 Å². The molecule has 1 N–H and O–H groups in total. The van der Waals surface area contributed by atoms with Crippen LogP contribution in [-0.2, 0) is 4.79 Å². The summed E-state index contributed by atoms with van der Waals surface area (Å²) in [6, 6.07) is 6.42. The molecule has 0 aliphatic carbocycles. The van der Waals surface area contributed by atoms with Gasteiger partial charge >= 0.3 is 6.03 Å². The molecular formula is C10H9BrN2O2. The Morgan fingerprint density at radius 2 is 2.13 bits per heavy atom. The van der Waals surface area contributed by atoms with E-state index in [-0.39, 0.29) is 11.9 Å². The highest BCUT2D eigenvalue weighted by Gasteiger charge is 2.36. The summed E-state index contributed by atoms with van der Waals surface area (Å²) in [7, 11) is 1.47. The van der Waals surface area contributed by atoms with Crippen molar-refractivity contribution in [3.05, 3.63) is 34.3 Å². The van der Waals surface area contributed by atoms with Crippen molar-refractivity contribution in [3.63, 3.8) is 0 Å². The van der Waals surface area contributed by atoms with E-state index >= 15 is 0 Å². The number of amides is 3. The van der Waals surface area contributed by atoms with Crippen LogP contribution < -0.4 is 5.32 Å². The van der Waals surface area contributed by atoms with Gasteiger partial charge in [0.25, 0.3) is 5.91 Å². The fraction of sp³-hybridized carbons (Fsp3) is 0.200. The van der Waals surface area contributed by atoms with E-state index in [1.165, 1.54) is 7.05 Å². The molecule has 1 saturated heterocycles. The number of imide groups is 1. The third-order valence-electron chi connectivity index (χ3n) is 2.33. The molecule has 0 spiro atoms. The standard InChI is InChI=1S/C10H9BrN2O2/c1-13-9(14)8(12-10(13)15)6-3-2-4-7(11)5-6/h2-5,8H,1H3,(H,12,15). The molecule has 1 aromatic carbocycles. The smallest absolute Gasteiger partial charge is 0.322 e. The summed E-state index contributed by atoms with van der Waals surface area (Å²) in [5, 5.41) is 2.61. The predicted octanol–water partition coefficient (Wildman–Crippen LogP) is 1.67. The lowest BCUT2D eigenvalue weighted by atomic mass is 10.1. The van der Waals surface area contributed by atoms with Crippen LogP contribution in [0.5, 0.6) is 0 Å². The molecule has 0 saturated carbocycles. The molecule has 78 valence electrons. The zero-order valence-electron chi connectivity index (χ0n) is 8.03. The van der Waals surface area contributed by atoms with Crippen molar-refractivity contribution in [1.29, 1.82) is 0 Å². The van der Waals surface area contributed by atoms with Gasteiger partial charge in [0.15, 0.2) is 0 Å². The molecule has 4 nitrogen and oxygen atoms in total. The summed E-state index contributed by atoms with van der Waals surface area (Å²) in [4.78, 5) is 24.0. The average molecular weight is 269 g/mol. The van der Waals surface area contributed by atoms with Gasteiger partial charge in [-0.15, -0.1) is 0 Å². The van der Waals surface area contributed by atoms with Gasteiger partial charge in [-0.3, -0.25) is 9.69 Å². The number of benzene rings is 1. The number of rotatable bonds is 1. The van der Waals surface area contributed by atoms with Gasteiger partial charge in [0.2, 0.25) is 0 Å². The Kier molecular flexibility index (Phi) is 2.48. The molecule has 15 heavy (non-hydrogen) atoms. The van der Waals surface area contributed by atoms with Crippen molar-refractivity contribution in [3.8, 4) is 0 Å². The second-order valence-corrected chi connectivity index (χ2v) is 4.25. The molecule has 1 unspecified atom stereocenters. The fourth-order valence-corrected chi connectivity index (χ4v) is 1.90. The van der Waals surface area contributed by atoms with Gasteiger partial charge in [-0.1, -0.05) is 28.1 Å². The van der Waals surface area contributed by atoms with Gasteiger partial charge in [0, 0.05) is 11.5 Å². The lowest BCUT2D eigenvalue weighted by Crippen LogP contribution is -2.25. The van der Waals surface area contributed by atoms with Crippen molar-refractivity contribution >= 4 is 27.9 Å². The Morgan fingerprint density at radius 1 is 1.40 bits per heavy atom. The molecule has 5 heteroatoms. The molecule has 1 aliphatic rings. The maximum Gasteiger partial charge on any atom is 0.324 e. The van der Waals surface area contributed by atoms with Gasteiger partial charge < -0.3 is 5.32 Å². The van der Waals surface area contributed by atoms with E-state index in [1.54, 1.807) is 0 Å². The highest BCUT2D eigenvalue weighted by molar-refractivity contribution is 9.10. The normalized spacial score (nSPS) is 20.7.